The number of carbonyl (C=O) groups excluding carboxylic acids is 2. The Bertz CT molecular complexity index is 1230. The van der Waals surface area contributed by atoms with Crippen molar-refractivity contribution >= 4 is 23.1 Å². The molecule has 1 atom stereocenters. The lowest BCUT2D eigenvalue weighted by Crippen LogP contribution is -2.29. The van der Waals surface area contributed by atoms with Gasteiger partial charge in [-0.2, -0.15) is 0 Å². The smallest absolute Gasteiger partial charge is 0.300 e. The van der Waals surface area contributed by atoms with Crippen LogP contribution < -0.4 is 14.4 Å². The summed E-state index contributed by atoms with van der Waals surface area (Å²) >= 11 is 0. The number of rotatable bonds is 8. The van der Waals surface area contributed by atoms with Crippen LogP contribution in [0.4, 0.5) is 5.69 Å². The van der Waals surface area contributed by atoms with Gasteiger partial charge in [-0.3, -0.25) is 14.5 Å². The second-order valence-corrected chi connectivity index (χ2v) is 8.74. The molecule has 35 heavy (non-hydrogen) atoms. The van der Waals surface area contributed by atoms with E-state index in [1.165, 1.54) is 4.90 Å². The van der Waals surface area contributed by atoms with Crippen molar-refractivity contribution in [1.29, 1.82) is 0 Å². The Balaban J connectivity index is 1.82. The van der Waals surface area contributed by atoms with Crippen molar-refractivity contribution in [3.63, 3.8) is 0 Å². The number of ether oxygens (including phenoxy) is 2. The van der Waals surface area contributed by atoms with E-state index < -0.39 is 17.7 Å². The molecule has 0 saturated carbocycles. The molecule has 6 nitrogen and oxygen atoms in total. The first-order valence-corrected chi connectivity index (χ1v) is 11.7. The summed E-state index contributed by atoms with van der Waals surface area (Å²) in [5.74, 6) is 0.00418. The van der Waals surface area contributed by atoms with Crippen LogP contribution in [0, 0.1) is 5.92 Å². The van der Waals surface area contributed by atoms with Gasteiger partial charge in [0.05, 0.1) is 24.8 Å². The van der Waals surface area contributed by atoms with Crippen LogP contribution in [0.15, 0.2) is 84.4 Å². The molecule has 1 amide bonds. The third kappa shape index (κ3) is 5.06. The van der Waals surface area contributed by atoms with Crippen molar-refractivity contribution in [2.24, 2.45) is 5.92 Å². The van der Waals surface area contributed by atoms with Crippen LogP contribution in [0.25, 0.3) is 5.76 Å². The Morgan fingerprint density at radius 3 is 2.29 bits per heavy atom. The molecule has 3 aromatic rings. The average molecular weight is 472 g/mol. The van der Waals surface area contributed by atoms with Gasteiger partial charge in [0.1, 0.15) is 17.3 Å². The number of hydrogen-bond donors (Lipinski definition) is 1. The Labute approximate surface area is 205 Å². The lowest BCUT2D eigenvalue weighted by molar-refractivity contribution is -0.132. The molecule has 4 rings (SSSR count). The first kappa shape index (κ1) is 24.1. The number of ketones is 1. The zero-order chi connectivity index (χ0) is 24.9. The van der Waals surface area contributed by atoms with Gasteiger partial charge < -0.3 is 14.6 Å². The summed E-state index contributed by atoms with van der Waals surface area (Å²) < 4.78 is 11.4. The summed E-state index contributed by atoms with van der Waals surface area (Å²) in [7, 11) is 0. The van der Waals surface area contributed by atoms with E-state index in [9.17, 15) is 14.7 Å². The quantitative estimate of drug-likeness (QED) is 0.257. The number of aliphatic hydroxyl groups is 1. The zero-order valence-corrected chi connectivity index (χ0v) is 20.1. The fourth-order valence-corrected chi connectivity index (χ4v) is 4.07. The first-order chi connectivity index (χ1) is 16.9. The minimum atomic E-state index is -0.810. The Morgan fingerprint density at radius 1 is 0.914 bits per heavy atom. The maximum atomic E-state index is 13.3. The van der Waals surface area contributed by atoms with Crippen molar-refractivity contribution in [2.75, 3.05) is 18.1 Å². The van der Waals surface area contributed by atoms with E-state index in [1.54, 1.807) is 54.6 Å². The fourth-order valence-electron chi connectivity index (χ4n) is 4.07. The molecular weight excluding hydrogens is 442 g/mol. The summed E-state index contributed by atoms with van der Waals surface area (Å²) in [6.07, 6.45) is 0. The SMILES string of the molecule is CCOc1cccc(C2/C(=C(/O)c3ccc(OCC(C)C)cc3)C(=O)C(=O)N2c2ccccc2)c1. The second kappa shape index (κ2) is 10.5. The van der Waals surface area contributed by atoms with Crippen molar-refractivity contribution in [2.45, 2.75) is 26.8 Å². The van der Waals surface area contributed by atoms with Gasteiger partial charge in [-0.05, 0) is 66.9 Å². The molecule has 1 N–H and O–H groups in total. The standard InChI is InChI=1S/C29H29NO5/c1-4-34-24-12-8-9-21(17-24)26-25(28(32)29(33)30(26)22-10-6-5-7-11-22)27(31)20-13-15-23(16-14-20)35-18-19(2)3/h5-17,19,26,31H,4,18H2,1-3H3/b27-25-. The van der Waals surface area contributed by atoms with Crippen molar-refractivity contribution in [3.05, 3.63) is 95.6 Å². The number of hydrogen-bond acceptors (Lipinski definition) is 5. The summed E-state index contributed by atoms with van der Waals surface area (Å²) in [6.45, 7) is 7.06. The molecule has 180 valence electrons. The third-order valence-corrected chi connectivity index (χ3v) is 5.67. The highest BCUT2D eigenvalue weighted by molar-refractivity contribution is 6.51. The highest BCUT2D eigenvalue weighted by Gasteiger charge is 2.47. The largest absolute Gasteiger partial charge is 0.507 e. The molecule has 1 unspecified atom stereocenters. The number of benzene rings is 3. The average Bonchev–Trinajstić information content (AvgIpc) is 3.14. The van der Waals surface area contributed by atoms with Gasteiger partial charge >= 0.3 is 0 Å². The molecule has 0 radical (unpaired) electrons. The Hall–Kier alpha value is -4.06. The van der Waals surface area contributed by atoms with Crippen LogP contribution in [0.3, 0.4) is 0 Å². The van der Waals surface area contributed by atoms with Gasteiger partial charge in [-0.15, -0.1) is 0 Å². The van der Waals surface area contributed by atoms with E-state index in [2.05, 4.69) is 13.8 Å². The summed E-state index contributed by atoms with van der Waals surface area (Å²) in [5.41, 5.74) is 1.69. The molecule has 0 aromatic heterocycles. The topological polar surface area (TPSA) is 76.1 Å². The highest BCUT2D eigenvalue weighted by Crippen LogP contribution is 2.42. The molecule has 0 bridgehead atoms. The van der Waals surface area contributed by atoms with Gasteiger partial charge in [-0.1, -0.05) is 44.2 Å². The van der Waals surface area contributed by atoms with Crippen molar-refractivity contribution < 1.29 is 24.2 Å². The number of para-hydroxylation sites is 1. The highest BCUT2D eigenvalue weighted by atomic mass is 16.5. The number of amides is 1. The molecule has 1 fully saturated rings. The molecule has 1 saturated heterocycles. The molecule has 0 aliphatic carbocycles. The summed E-state index contributed by atoms with van der Waals surface area (Å²) in [5, 5.41) is 11.3. The normalized spacial score (nSPS) is 17.1. The van der Waals surface area contributed by atoms with Crippen LogP contribution in [0.5, 0.6) is 11.5 Å². The monoisotopic (exact) mass is 471 g/mol. The predicted molar refractivity (Wildman–Crippen MR) is 136 cm³/mol. The van der Waals surface area contributed by atoms with Crippen LogP contribution in [-0.4, -0.2) is 30.0 Å². The number of nitrogens with zero attached hydrogens (tertiary/aromatic N) is 1. The van der Waals surface area contributed by atoms with Crippen LogP contribution in [0.2, 0.25) is 0 Å². The van der Waals surface area contributed by atoms with Gasteiger partial charge in [0.15, 0.2) is 0 Å². The number of aliphatic hydroxyl groups excluding tert-OH is 1. The zero-order valence-electron chi connectivity index (χ0n) is 20.1. The number of Topliss-reactive ketones (excluding diaryl/α,β-unsaturated/α-hetero) is 1. The maximum absolute atomic E-state index is 13.3. The fraction of sp³-hybridized carbons (Fsp3) is 0.241. The molecular formula is C29H29NO5. The van der Waals surface area contributed by atoms with Gasteiger partial charge in [0.25, 0.3) is 11.7 Å². The van der Waals surface area contributed by atoms with Gasteiger partial charge in [-0.25, -0.2) is 0 Å². The summed E-state index contributed by atoms with van der Waals surface area (Å²) in [6, 6.07) is 22.3. The number of carbonyl (C=O) groups is 2. The molecule has 3 aromatic carbocycles. The molecule has 0 spiro atoms. The molecule has 1 aliphatic rings. The summed E-state index contributed by atoms with van der Waals surface area (Å²) in [4.78, 5) is 27.9. The van der Waals surface area contributed by atoms with E-state index in [4.69, 9.17) is 9.47 Å². The third-order valence-electron chi connectivity index (χ3n) is 5.67. The molecule has 6 heteroatoms. The lowest BCUT2D eigenvalue weighted by atomic mass is 9.95. The Kier molecular flexibility index (Phi) is 7.20. The van der Waals surface area contributed by atoms with E-state index in [1.807, 2.05) is 31.2 Å². The van der Waals surface area contributed by atoms with Crippen LogP contribution in [0.1, 0.15) is 37.9 Å². The Morgan fingerprint density at radius 2 is 1.63 bits per heavy atom. The van der Waals surface area contributed by atoms with Crippen molar-refractivity contribution in [3.8, 4) is 11.5 Å². The molecule has 1 aliphatic heterocycles. The maximum Gasteiger partial charge on any atom is 0.300 e. The van der Waals surface area contributed by atoms with E-state index in [0.717, 1.165) is 0 Å². The minimum absolute atomic E-state index is 0.0309. The van der Waals surface area contributed by atoms with Gasteiger partial charge in [0, 0.05) is 11.3 Å². The van der Waals surface area contributed by atoms with Crippen LogP contribution >= 0.6 is 0 Å². The molecule has 1 heterocycles. The minimum Gasteiger partial charge on any atom is -0.507 e. The second-order valence-electron chi connectivity index (χ2n) is 8.74. The van der Waals surface area contributed by atoms with Crippen molar-refractivity contribution in [1.82, 2.24) is 0 Å². The predicted octanol–water partition coefficient (Wildman–Crippen LogP) is 5.75. The number of anilines is 1. The van der Waals surface area contributed by atoms with E-state index in [0.29, 0.717) is 47.4 Å². The van der Waals surface area contributed by atoms with E-state index in [-0.39, 0.29) is 11.3 Å². The van der Waals surface area contributed by atoms with Gasteiger partial charge in [0.2, 0.25) is 0 Å². The van der Waals surface area contributed by atoms with Crippen LogP contribution in [-0.2, 0) is 9.59 Å². The van der Waals surface area contributed by atoms with E-state index >= 15 is 0 Å². The first-order valence-electron chi connectivity index (χ1n) is 11.7. The lowest BCUT2D eigenvalue weighted by Gasteiger charge is -2.25.